The van der Waals surface area contributed by atoms with Crippen LogP contribution in [-0.2, 0) is 11.3 Å². The van der Waals surface area contributed by atoms with Gasteiger partial charge in [0.05, 0.1) is 32.6 Å². The fourth-order valence-corrected chi connectivity index (χ4v) is 2.77. The normalized spacial score (nSPS) is 14.4. The van der Waals surface area contributed by atoms with Crippen molar-refractivity contribution < 1.29 is 13.9 Å². The molecule has 0 saturated carbocycles. The lowest BCUT2D eigenvalue weighted by molar-refractivity contribution is 0.122. The minimum atomic E-state index is -0.251. The summed E-state index contributed by atoms with van der Waals surface area (Å²) in [5.41, 5.74) is 8.05. The van der Waals surface area contributed by atoms with E-state index in [1.165, 1.54) is 6.07 Å². The second kappa shape index (κ2) is 10.3. The molecule has 1 aliphatic rings. The van der Waals surface area contributed by atoms with Crippen LogP contribution >= 0.6 is 24.0 Å². The summed E-state index contributed by atoms with van der Waals surface area (Å²) >= 11 is 0. The van der Waals surface area contributed by atoms with E-state index in [-0.39, 0.29) is 35.8 Å². The molecule has 0 atom stereocenters. The number of ether oxygens (including phenoxy) is 2. The molecule has 27 heavy (non-hydrogen) atoms. The zero-order valence-corrected chi connectivity index (χ0v) is 17.5. The highest BCUT2D eigenvalue weighted by Crippen LogP contribution is 2.22. The molecular weight excluding hydrogens is 462 g/mol. The maximum absolute atomic E-state index is 14.4. The van der Waals surface area contributed by atoms with Crippen LogP contribution < -0.4 is 20.7 Å². The van der Waals surface area contributed by atoms with Crippen LogP contribution in [0.3, 0.4) is 0 Å². The molecule has 8 heteroatoms. The van der Waals surface area contributed by atoms with E-state index >= 15 is 0 Å². The molecule has 0 spiro atoms. The van der Waals surface area contributed by atoms with E-state index in [2.05, 4.69) is 10.3 Å². The monoisotopic (exact) mass is 486 g/mol. The molecule has 0 radical (unpaired) electrons. The highest BCUT2D eigenvalue weighted by molar-refractivity contribution is 14.0. The SMILES string of the molecule is COc1cccc(NC(N)=NCc2ccc(N3CCOCC3)c(F)c2)c1.I. The molecule has 0 amide bonds. The number of guanidine groups is 1. The van der Waals surface area contributed by atoms with Crippen molar-refractivity contribution in [1.82, 2.24) is 0 Å². The molecule has 1 aliphatic heterocycles. The number of nitrogens with zero attached hydrogens (tertiary/aromatic N) is 2. The van der Waals surface area contributed by atoms with Gasteiger partial charge in [-0.1, -0.05) is 12.1 Å². The van der Waals surface area contributed by atoms with Crippen molar-refractivity contribution in [2.24, 2.45) is 10.7 Å². The van der Waals surface area contributed by atoms with Gasteiger partial charge < -0.3 is 25.4 Å². The molecule has 1 heterocycles. The number of morpholine rings is 1. The molecule has 1 saturated heterocycles. The molecule has 146 valence electrons. The maximum Gasteiger partial charge on any atom is 0.193 e. The summed E-state index contributed by atoms with van der Waals surface area (Å²) in [6.45, 7) is 2.94. The first-order chi connectivity index (χ1) is 12.7. The van der Waals surface area contributed by atoms with E-state index in [0.717, 1.165) is 17.0 Å². The second-order valence-corrected chi connectivity index (χ2v) is 5.94. The largest absolute Gasteiger partial charge is 0.497 e. The quantitative estimate of drug-likeness (QED) is 0.386. The molecule has 6 nitrogen and oxygen atoms in total. The van der Waals surface area contributed by atoms with Gasteiger partial charge >= 0.3 is 0 Å². The molecule has 2 aromatic carbocycles. The number of methoxy groups -OCH3 is 1. The van der Waals surface area contributed by atoms with Crippen molar-refractivity contribution in [3.63, 3.8) is 0 Å². The van der Waals surface area contributed by atoms with E-state index in [0.29, 0.717) is 38.5 Å². The zero-order chi connectivity index (χ0) is 18.4. The van der Waals surface area contributed by atoms with Crippen molar-refractivity contribution >= 4 is 41.3 Å². The van der Waals surface area contributed by atoms with E-state index in [1.807, 2.05) is 35.2 Å². The lowest BCUT2D eigenvalue weighted by atomic mass is 10.1. The molecule has 0 aliphatic carbocycles. The van der Waals surface area contributed by atoms with Gasteiger partial charge in [-0.15, -0.1) is 24.0 Å². The van der Waals surface area contributed by atoms with Gasteiger partial charge in [-0.05, 0) is 29.8 Å². The van der Waals surface area contributed by atoms with Crippen LogP contribution in [0.5, 0.6) is 5.75 Å². The highest BCUT2D eigenvalue weighted by Gasteiger charge is 2.15. The highest BCUT2D eigenvalue weighted by atomic mass is 127. The third-order valence-corrected chi connectivity index (χ3v) is 4.14. The smallest absolute Gasteiger partial charge is 0.193 e. The Bertz CT molecular complexity index is 782. The summed E-state index contributed by atoms with van der Waals surface area (Å²) in [6.07, 6.45) is 0. The lowest BCUT2D eigenvalue weighted by Crippen LogP contribution is -2.36. The average Bonchev–Trinajstić information content (AvgIpc) is 2.67. The predicted octanol–water partition coefficient (Wildman–Crippen LogP) is 3.22. The van der Waals surface area contributed by atoms with Crippen molar-refractivity contribution in [2.45, 2.75) is 6.54 Å². The van der Waals surface area contributed by atoms with Gasteiger partial charge in [0.15, 0.2) is 5.96 Å². The first kappa shape index (κ1) is 21.2. The molecule has 3 rings (SSSR count). The molecule has 3 N–H and O–H groups in total. The van der Waals surface area contributed by atoms with E-state index in [4.69, 9.17) is 15.2 Å². The topological polar surface area (TPSA) is 72.1 Å². The van der Waals surface area contributed by atoms with E-state index < -0.39 is 0 Å². The number of hydrogen-bond acceptors (Lipinski definition) is 4. The Hall–Kier alpha value is -2.07. The van der Waals surface area contributed by atoms with Crippen molar-refractivity contribution in [3.05, 3.63) is 53.8 Å². The predicted molar refractivity (Wildman–Crippen MR) is 117 cm³/mol. The number of nitrogens with two attached hydrogens (primary N) is 1. The number of hydrogen-bond donors (Lipinski definition) is 2. The summed E-state index contributed by atoms with van der Waals surface area (Å²) in [5, 5.41) is 3.00. The van der Waals surface area contributed by atoms with Crippen LogP contribution in [0.4, 0.5) is 15.8 Å². The first-order valence-electron chi connectivity index (χ1n) is 8.48. The Morgan fingerprint density at radius 3 is 2.74 bits per heavy atom. The Morgan fingerprint density at radius 2 is 2.04 bits per heavy atom. The first-order valence-corrected chi connectivity index (χ1v) is 8.48. The third kappa shape index (κ3) is 5.96. The van der Waals surface area contributed by atoms with Crippen LogP contribution in [0.2, 0.25) is 0 Å². The second-order valence-electron chi connectivity index (χ2n) is 5.94. The number of anilines is 2. The van der Waals surface area contributed by atoms with Crippen molar-refractivity contribution in [1.29, 1.82) is 0 Å². The Morgan fingerprint density at radius 1 is 1.26 bits per heavy atom. The molecule has 0 bridgehead atoms. The Balaban J connectivity index is 0.00000261. The van der Waals surface area contributed by atoms with Gasteiger partial charge in [-0.2, -0.15) is 0 Å². The summed E-state index contributed by atoms with van der Waals surface area (Å²) in [6, 6.07) is 12.5. The fourth-order valence-electron chi connectivity index (χ4n) is 2.77. The molecule has 0 aromatic heterocycles. The van der Waals surface area contributed by atoms with Gasteiger partial charge in [-0.3, -0.25) is 0 Å². The van der Waals surface area contributed by atoms with Gasteiger partial charge in [0.1, 0.15) is 11.6 Å². The summed E-state index contributed by atoms with van der Waals surface area (Å²) in [7, 11) is 1.60. The molecule has 1 fully saturated rings. The Kier molecular flexibility index (Phi) is 8.11. The number of rotatable bonds is 5. The van der Waals surface area contributed by atoms with Gasteiger partial charge in [-0.25, -0.2) is 9.38 Å². The summed E-state index contributed by atoms with van der Waals surface area (Å²) in [5.74, 6) is 0.735. The number of benzene rings is 2. The fraction of sp³-hybridized carbons (Fsp3) is 0.316. The number of aliphatic imine (C=N–C) groups is 1. The zero-order valence-electron chi connectivity index (χ0n) is 15.2. The molecule has 0 unspecified atom stereocenters. The molecular formula is C19H24FIN4O2. The summed E-state index contributed by atoms with van der Waals surface area (Å²) < 4.78 is 24.9. The third-order valence-electron chi connectivity index (χ3n) is 4.14. The lowest BCUT2D eigenvalue weighted by Gasteiger charge is -2.29. The number of nitrogens with one attached hydrogen (secondary N) is 1. The summed E-state index contributed by atoms with van der Waals surface area (Å²) in [4.78, 5) is 6.26. The number of halogens is 2. The van der Waals surface area contributed by atoms with Crippen LogP contribution in [0, 0.1) is 5.82 Å². The van der Waals surface area contributed by atoms with Crippen LogP contribution in [0.1, 0.15) is 5.56 Å². The molecule has 2 aromatic rings. The van der Waals surface area contributed by atoms with Crippen LogP contribution in [0.25, 0.3) is 0 Å². The average molecular weight is 486 g/mol. The standard InChI is InChI=1S/C19H23FN4O2.HI/c1-25-16-4-2-3-15(12-16)23-19(21)22-13-14-5-6-18(17(20)11-14)24-7-9-26-10-8-24;/h2-6,11-12H,7-10,13H2,1H3,(H3,21,22,23);1H. The Labute approximate surface area is 175 Å². The van der Waals surface area contributed by atoms with Crippen LogP contribution in [-0.4, -0.2) is 39.4 Å². The van der Waals surface area contributed by atoms with Gasteiger partial charge in [0.25, 0.3) is 0 Å². The minimum absolute atomic E-state index is 0. The van der Waals surface area contributed by atoms with E-state index in [1.54, 1.807) is 13.2 Å². The van der Waals surface area contributed by atoms with Crippen molar-refractivity contribution in [3.8, 4) is 5.75 Å². The van der Waals surface area contributed by atoms with Crippen molar-refractivity contribution in [2.75, 3.05) is 43.6 Å². The van der Waals surface area contributed by atoms with Gasteiger partial charge in [0.2, 0.25) is 0 Å². The van der Waals surface area contributed by atoms with Gasteiger partial charge in [0, 0.05) is 24.8 Å². The maximum atomic E-state index is 14.4. The van der Waals surface area contributed by atoms with Crippen LogP contribution in [0.15, 0.2) is 47.5 Å². The van der Waals surface area contributed by atoms with E-state index in [9.17, 15) is 4.39 Å². The minimum Gasteiger partial charge on any atom is -0.497 e.